The van der Waals surface area contributed by atoms with Gasteiger partial charge in [0, 0.05) is 5.39 Å². The summed E-state index contributed by atoms with van der Waals surface area (Å²) in [6.07, 6.45) is 1.40. The molecular formula is C17H16N2O4. The van der Waals surface area contributed by atoms with Gasteiger partial charge in [-0.05, 0) is 31.2 Å². The molecule has 6 nitrogen and oxygen atoms in total. The zero-order valence-corrected chi connectivity index (χ0v) is 12.5. The molecular weight excluding hydrogens is 296 g/mol. The fourth-order valence-electron chi connectivity index (χ4n) is 2.23. The van der Waals surface area contributed by atoms with Crippen LogP contribution in [0.3, 0.4) is 0 Å². The van der Waals surface area contributed by atoms with Crippen molar-refractivity contribution >= 4 is 22.8 Å². The van der Waals surface area contributed by atoms with Crippen LogP contribution in [0.2, 0.25) is 0 Å². The van der Waals surface area contributed by atoms with E-state index in [4.69, 9.17) is 8.83 Å². The molecule has 0 radical (unpaired) electrons. The van der Waals surface area contributed by atoms with E-state index in [1.807, 2.05) is 37.3 Å². The van der Waals surface area contributed by atoms with Gasteiger partial charge >= 0.3 is 0 Å². The number of amides is 2. The van der Waals surface area contributed by atoms with Crippen LogP contribution >= 0.6 is 0 Å². The van der Waals surface area contributed by atoms with E-state index >= 15 is 0 Å². The Kier molecular flexibility index (Phi) is 4.14. The number of para-hydroxylation sites is 1. The number of carbonyl (C=O) groups excluding carboxylic acids is 2. The Morgan fingerprint density at radius 3 is 2.74 bits per heavy atom. The fraction of sp³-hybridized carbons (Fsp3) is 0.176. The first-order chi connectivity index (χ1) is 11.1. The van der Waals surface area contributed by atoms with Crippen molar-refractivity contribution in [3.8, 4) is 0 Å². The van der Waals surface area contributed by atoms with Crippen LogP contribution in [0.25, 0.3) is 11.0 Å². The van der Waals surface area contributed by atoms with Crippen LogP contribution < -0.4 is 10.6 Å². The number of nitrogens with one attached hydrogen (secondary N) is 2. The van der Waals surface area contributed by atoms with Crippen LogP contribution in [-0.2, 0) is 4.79 Å². The Labute approximate surface area is 132 Å². The topological polar surface area (TPSA) is 84.5 Å². The van der Waals surface area contributed by atoms with E-state index in [0.29, 0.717) is 5.76 Å². The maximum Gasteiger partial charge on any atom is 0.287 e. The summed E-state index contributed by atoms with van der Waals surface area (Å²) in [7, 11) is 0. The second-order valence-electron chi connectivity index (χ2n) is 5.14. The van der Waals surface area contributed by atoms with Crippen molar-refractivity contribution in [1.82, 2.24) is 10.6 Å². The van der Waals surface area contributed by atoms with Crippen LogP contribution in [0.15, 0.2) is 57.6 Å². The fourth-order valence-corrected chi connectivity index (χ4v) is 2.23. The lowest BCUT2D eigenvalue weighted by molar-refractivity contribution is -0.120. The van der Waals surface area contributed by atoms with Crippen molar-refractivity contribution in [3.05, 3.63) is 60.2 Å². The molecule has 0 aliphatic rings. The predicted octanol–water partition coefficient (Wildman–Crippen LogP) is 2.63. The average molecular weight is 312 g/mol. The van der Waals surface area contributed by atoms with Crippen molar-refractivity contribution in [2.75, 3.05) is 6.54 Å². The van der Waals surface area contributed by atoms with E-state index in [0.717, 1.165) is 11.0 Å². The van der Waals surface area contributed by atoms with Crippen molar-refractivity contribution in [2.45, 2.75) is 13.0 Å². The largest absolute Gasteiger partial charge is 0.459 e. The first-order valence-electron chi connectivity index (χ1n) is 7.23. The molecule has 3 aromatic rings. The minimum atomic E-state index is -0.429. The number of carbonyl (C=O) groups is 2. The molecule has 0 aliphatic carbocycles. The zero-order chi connectivity index (χ0) is 16.2. The molecule has 0 saturated heterocycles. The molecule has 0 bridgehead atoms. The Hall–Kier alpha value is -3.02. The van der Waals surface area contributed by atoms with Crippen LogP contribution in [0, 0.1) is 0 Å². The molecule has 1 atom stereocenters. The summed E-state index contributed by atoms with van der Waals surface area (Å²) in [4.78, 5) is 23.6. The lowest BCUT2D eigenvalue weighted by atomic mass is 10.2. The second kappa shape index (κ2) is 6.39. The smallest absolute Gasteiger partial charge is 0.287 e. The molecule has 2 N–H and O–H groups in total. The van der Waals surface area contributed by atoms with E-state index in [1.54, 1.807) is 6.07 Å². The van der Waals surface area contributed by atoms with Gasteiger partial charge < -0.3 is 19.5 Å². The van der Waals surface area contributed by atoms with Gasteiger partial charge in [-0.1, -0.05) is 18.2 Å². The summed E-state index contributed by atoms with van der Waals surface area (Å²) >= 11 is 0. The number of benzene rings is 1. The molecule has 0 unspecified atom stereocenters. The lowest BCUT2D eigenvalue weighted by Crippen LogP contribution is -2.37. The standard InChI is InChI=1S/C17H16N2O4/c1-11(15-9-12-5-2-3-6-13(12)23-15)19-16(20)10-18-17(21)14-7-4-8-22-14/h2-9,11H,10H2,1H3,(H,18,21)(H,19,20)/t11-/m0/s1. The van der Waals surface area contributed by atoms with Crippen LogP contribution in [-0.4, -0.2) is 18.4 Å². The molecule has 23 heavy (non-hydrogen) atoms. The van der Waals surface area contributed by atoms with Gasteiger partial charge in [0.15, 0.2) is 5.76 Å². The second-order valence-corrected chi connectivity index (χ2v) is 5.14. The van der Waals surface area contributed by atoms with Crippen molar-refractivity contribution in [3.63, 3.8) is 0 Å². The highest BCUT2D eigenvalue weighted by atomic mass is 16.3. The summed E-state index contributed by atoms with van der Waals surface area (Å²) in [5, 5.41) is 6.25. The van der Waals surface area contributed by atoms with Crippen molar-refractivity contribution in [1.29, 1.82) is 0 Å². The maximum atomic E-state index is 11.9. The Morgan fingerprint density at radius 2 is 2.00 bits per heavy atom. The molecule has 0 saturated carbocycles. The number of fused-ring (bicyclic) bond motifs is 1. The van der Waals surface area contributed by atoms with Gasteiger partial charge in [0.25, 0.3) is 5.91 Å². The first kappa shape index (κ1) is 14.9. The molecule has 0 spiro atoms. The third-order valence-electron chi connectivity index (χ3n) is 3.40. The third kappa shape index (κ3) is 3.42. The van der Waals surface area contributed by atoms with E-state index in [-0.39, 0.29) is 24.3 Å². The molecule has 0 aliphatic heterocycles. The van der Waals surface area contributed by atoms with Crippen LogP contribution in [0.5, 0.6) is 0 Å². The molecule has 1 aromatic carbocycles. The molecule has 2 aromatic heterocycles. The summed E-state index contributed by atoms with van der Waals surface area (Å²) in [5.74, 6) is 0.0967. The van der Waals surface area contributed by atoms with Crippen LogP contribution in [0.4, 0.5) is 0 Å². The lowest BCUT2D eigenvalue weighted by Gasteiger charge is -2.11. The Morgan fingerprint density at radius 1 is 1.17 bits per heavy atom. The highest BCUT2D eigenvalue weighted by Crippen LogP contribution is 2.23. The van der Waals surface area contributed by atoms with Gasteiger partial charge in [-0.3, -0.25) is 9.59 Å². The van der Waals surface area contributed by atoms with Gasteiger partial charge in [-0.25, -0.2) is 0 Å². The van der Waals surface area contributed by atoms with Crippen molar-refractivity contribution in [2.24, 2.45) is 0 Å². The summed E-state index contributed by atoms with van der Waals surface area (Å²) in [5.41, 5.74) is 0.773. The van der Waals surface area contributed by atoms with Gasteiger partial charge in [-0.15, -0.1) is 0 Å². The van der Waals surface area contributed by atoms with Gasteiger partial charge in [0.1, 0.15) is 11.3 Å². The monoisotopic (exact) mass is 312 g/mol. The minimum absolute atomic E-state index is 0.135. The highest BCUT2D eigenvalue weighted by Gasteiger charge is 2.15. The summed E-state index contributed by atoms with van der Waals surface area (Å²) in [6, 6.07) is 12.4. The molecule has 2 heterocycles. The quantitative estimate of drug-likeness (QED) is 0.758. The maximum absolute atomic E-state index is 11.9. The molecule has 6 heteroatoms. The molecule has 118 valence electrons. The van der Waals surface area contributed by atoms with Gasteiger partial charge in [-0.2, -0.15) is 0 Å². The van der Waals surface area contributed by atoms with Gasteiger partial charge in [0.05, 0.1) is 18.8 Å². The van der Waals surface area contributed by atoms with Gasteiger partial charge in [0.2, 0.25) is 5.91 Å². The first-order valence-corrected chi connectivity index (χ1v) is 7.23. The van der Waals surface area contributed by atoms with E-state index in [2.05, 4.69) is 10.6 Å². The third-order valence-corrected chi connectivity index (χ3v) is 3.40. The zero-order valence-electron chi connectivity index (χ0n) is 12.5. The van der Waals surface area contributed by atoms with Crippen LogP contribution in [0.1, 0.15) is 29.3 Å². The Bertz CT molecular complexity index is 787. The highest BCUT2D eigenvalue weighted by molar-refractivity contribution is 5.94. The Balaban J connectivity index is 1.55. The normalized spacial score (nSPS) is 12.0. The number of rotatable bonds is 5. The van der Waals surface area contributed by atoms with Crippen molar-refractivity contribution < 1.29 is 18.4 Å². The number of furan rings is 2. The average Bonchev–Trinajstić information content (AvgIpc) is 3.21. The SMILES string of the molecule is C[C@H](NC(=O)CNC(=O)c1ccco1)c1cc2ccccc2o1. The number of hydrogen-bond acceptors (Lipinski definition) is 4. The predicted molar refractivity (Wildman–Crippen MR) is 83.8 cm³/mol. The van der Waals surface area contributed by atoms with E-state index in [9.17, 15) is 9.59 Å². The molecule has 2 amide bonds. The van der Waals surface area contributed by atoms with E-state index in [1.165, 1.54) is 12.3 Å². The summed E-state index contributed by atoms with van der Waals surface area (Å²) < 4.78 is 10.7. The number of hydrogen-bond donors (Lipinski definition) is 2. The molecule has 3 rings (SSSR count). The summed E-state index contributed by atoms with van der Waals surface area (Å²) in [6.45, 7) is 1.69. The molecule has 0 fully saturated rings. The van der Waals surface area contributed by atoms with E-state index < -0.39 is 5.91 Å². The minimum Gasteiger partial charge on any atom is -0.459 e.